The van der Waals surface area contributed by atoms with Crippen molar-refractivity contribution in [3.05, 3.63) is 0 Å². The lowest BCUT2D eigenvalue weighted by Gasteiger charge is -2.14. The molecule has 0 amide bonds. The fraction of sp³-hybridized carbons (Fsp3) is 1.00. The first-order valence-corrected chi connectivity index (χ1v) is 5.24. The van der Waals surface area contributed by atoms with Gasteiger partial charge in [0.15, 0.2) is 6.29 Å². The molecule has 1 saturated heterocycles. The highest BCUT2D eigenvalue weighted by atomic mass is 31.2. The van der Waals surface area contributed by atoms with E-state index in [1.165, 1.54) is 0 Å². The molecule has 0 aliphatic carbocycles. The standard InChI is InChI=1S/C5H11O8P/c6-3-2(1-12-14(9,10)11)13-5(8)4(3)7/h2-8H,1H2,(H2,9,10,11)/t2-,3?,4+,5?/m1/s1. The highest BCUT2D eigenvalue weighted by molar-refractivity contribution is 7.46. The maximum absolute atomic E-state index is 10.3. The number of hydrogen-bond acceptors (Lipinski definition) is 6. The summed E-state index contributed by atoms with van der Waals surface area (Å²) < 4.78 is 18.9. The molecule has 9 heteroatoms. The van der Waals surface area contributed by atoms with Gasteiger partial charge in [-0.05, 0) is 0 Å². The van der Waals surface area contributed by atoms with Gasteiger partial charge in [0.05, 0.1) is 6.61 Å². The Morgan fingerprint density at radius 2 is 1.79 bits per heavy atom. The zero-order valence-electron chi connectivity index (χ0n) is 6.92. The molecule has 0 aromatic heterocycles. The smallest absolute Gasteiger partial charge is 0.387 e. The van der Waals surface area contributed by atoms with Crippen LogP contribution < -0.4 is 0 Å². The van der Waals surface area contributed by atoms with Gasteiger partial charge in [-0.25, -0.2) is 4.57 Å². The van der Waals surface area contributed by atoms with E-state index in [0.717, 1.165) is 0 Å². The molecule has 1 heterocycles. The van der Waals surface area contributed by atoms with E-state index in [9.17, 15) is 4.57 Å². The van der Waals surface area contributed by atoms with E-state index in [-0.39, 0.29) is 0 Å². The molecule has 4 atom stereocenters. The zero-order chi connectivity index (χ0) is 10.9. The normalized spacial score (nSPS) is 38.9. The Labute approximate surface area is 78.9 Å². The lowest BCUT2D eigenvalue weighted by molar-refractivity contribution is -0.132. The first-order chi connectivity index (χ1) is 6.31. The van der Waals surface area contributed by atoms with Crippen LogP contribution in [0.3, 0.4) is 0 Å². The van der Waals surface area contributed by atoms with Crippen LogP contribution >= 0.6 is 7.82 Å². The van der Waals surface area contributed by atoms with Crippen LogP contribution in [0.25, 0.3) is 0 Å². The molecule has 2 unspecified atom stereocenters. The van der Waals surface area contributed by atoms with E-state index >= 15 is 0 Å². The van der Waals surface area contributed by atoms with Crippen molar-refractivity contribution in [1.29, 1.82) is 0 Å². The molecule has 0 bridgehead atoms. The maximum Gasteiger partial charge on any atom is 0.469 e. The van der Waals surface area contributed by atoms with E-state index < -0.39 is 39.0 Å². The predicted molar refractivity (Wildman–Crippen MR) is 40.9 cm³/mol. The summed E-state index contributed by atoms with van der Waals surface area (Å²) in [5.74, 6) is 0. The Morgan fingerprint density at radius 3 is 2.14 bits per heavy atom. The van der Waals surface area contributed by atoms with Crippen LogP contribution in [0, 0.1) is 0 Å². The number of ether oxygens (including phenoxy) is 1. The largest absolute Gasteiger partial charge is 0.469 e. The van der Waals surface area contributed by atoms with Crippen molar-refractivity contribution in [2.75, 3.05) is 6.61 Å². The summed E-state index contributed by atoms with van der Waals surface area (Å²) in [5.41, 5.74) is 0. The highest BCUT2D eigenvalue weighted by Crippen LogP contribution is 2.36. The van der Waals surface area contributed by atoms with E-state index in [1.807, 2.05) is 0 Å². The molecule has 0 saturated carbocycles. The minimum absolute atomic E-state index is 0.612. The van der Waals surface area contributed by atoms with Gasteiger partial charge < -0.3 is 29.8 Å². The molecule has 5 N–H and O–H groups in total. The van der Waals surface area contributed by atoms with Crippen molar-refractivity contribution in [3.8, 4) is 0 Å². The number of aliphatic hydroxyl groups is 3. The van der Waals surface area contributed by atoms with Crippen molar-refractivity contribution < 1.29 is 38.9 Å². The minimum Gasteiger partial charge on any atom is -0.387 e. The first-order valence-electron chi connectivity index (χ1n) is 3.71. The molecule has 1 rings (SSSR count). The summed E-state index contributed by atoms with van der Waals surface area (Å²) >= 11 is 0. The Hall–Kier alpha value is -0.0500. The van der Waals surface area contributed by atoms with E-state index in [4.69, 9.17) is 25.1 Å². The number of phosphoric ester groups is 1. The fourth-order valence-electron chi connectivity index (χ4n) is 1.04. The van der Waals surface area contributed by atoms with Crippen molar-refractivity contribution in [2.45, 2.75) is 24.6 Å². The molecule has 84 valence electrons. The van der Waals surface area contributed by atoms with Crippen molar-refractivity contribution >= 4 is 7.82 Å². The van der Waals surface area contributed by atoms with Crippen LogP contribution in [0.15, 0.2) is 0 Å². The van der Waals surface area contributed by atoms with Crippen LogP contribution in [0.1, 0.15) is 0 Å². The summed E-state index contributed by atoms with van der Waals surface area (Å²) in [4.78, 5) is 16.6. The number of phosphoric acid groups is 1. The van der Waals surface area contributed by atoms with Crippen molar-refractivity contribution in [2.24, 2.45) is 0 Å². The summed E-state index contributed by atoms with van der Waals surface area (Å²) in [6, 6.07) is 0. The van der Waals surface area contributed by atoms with Crippen LogP contribution in [-0.4, -0.2) is 56.3 Å². The summed E-state index contributed by atoms with van der Waals surface area (Å²) in [6.45, 7) is -0.612. The second kappa shape index (κ2) is 4.21. The predicted octanol–water partition coefficient (Wildman–Crippen LogP) is -2.47. The minimum atomic E-state index is -4.64. The molecule has 0 aromatic rings. The van der Waals surface area contributed by atoms with Crippen molar-refractivity contribution in [3.63, 3.8) is 0 Å². The van der Waals surface area contributed by atoms with Gasteiger partial charge in [-0.15, -0.1) is 0 Å². The molecule has 1 aliphatic heterocycles. The van der Waals surface area contributed by atoms with Crippen LogP contribution in [0.5, 0.6) is 0 Å². The summed E-state index contributed by atoms with van der Waals surface area (Å²) in [7, 11) is -4.64. The third kappa shape index (κ3) is 2.97. The second-order valence-corrected chi connectivity index (χ2v) is 4.07. The molecule has 0 radical (unpaired) electrons. The SMILES string of the molecule is O=P(O)(O)OC[C@H]1OC(O)[C@@H](O)C1O. The fourth-order valence-corrected chi connectivity index (χ4v) is 1.38. The molecule has 14 heavy (non-hydrogen) atoms. The van der Waals surface area contributed by atoms with Gasteiger partial charge in [0, 0.05) is 0 Å². The average Bonchev–Trinajstić information content (AvgIpc) is 2.28. The van der Waals surface area contributed by atoms with Gasteiger partial charge in [0.25, 0.3) is 0 Å². The Kier molecular flexibility index (Phi) is 3.62. The third-order valence-corrected chi connectivity index (χ3v) is 2.23. The van der Waals surface area contributed by atoms with Crippen LogP contribution in [0.4, 0.5) is 0 Å². The second-order valence-electron chi connectivity index (χ2n) is 2.83. The van der Waals surface area contributed by atoms with E-state index in [2.05, 4.69) is 9.26 Å². The van der Waals surface area contributed by atoms with Crippen LogP contribution in [0.2, 0.25) is 0 Å². The van der Waals surface area contributed by atoms with Crippen LogP contribution in [-0.2, 0) is 13.8 Å². The molecule has 0 aromatic carbocycles. The topological polar surface area (TPSA) is 137 Å². The molecule has 1 aliphatic rings. The molecule has 0 spiro atoms. The first kappa shape index (κ1) is 12.0. The van der Waals surface area contributed by atoms with Gasteiger partial charge in [-0.3, -0.25) is 4.52 Å². The molecule has 1 fully saturated rings. The average molecular weight is 230 g/mol. The lowest BCUT2D eigenvalue weighted by atomic mass is 10.1. The lowest BCUT2D eigenvalue weighted by Crippen LogP contribution is -2.34. The number of hydrogen-bond donors (Lipinski definition) is 5. The number of aliphatic hydroxyl groups excluding tert-OH is 3. The third-order valence-electron chi connectivity index (χ3n) is 1.74. The molecule has 8 nitrogen and oxygen atoms in total. The highest BCUT2D eigenvalue weighted by Gasteiger charge is 2.42. The summed E-state index contributed by atoms with van der Waals surface area (Å²) in [6.07, 6.45) is -5.67. The summed E-state index contributed by atoms with van der Waals surface area (Å²) in [5, 5.41) is 27.0. The molecular formula is C5H11O8P. The van der Waals surface area contributed by atoms with E-state index in [0.29, 0.717) is 0 Å². The number of rotatable bonds is 3. The van der Waals surface area contributed by atoms with E-state index in [1.54, 1.807) is 0 Å². The van der Waals surface area contributed by atoms with Gasteiger partial charge in [0.2, 0.25) is 0 Å². The zero-order valence-corrected chi connectivity index (χ0v) is 7.82. The van der Waals surface area contributed by atoms with Gasteiger partial charge in [-0.2, -0.15) is 0 Å². The maximum atomic E-state index is 10.3. The Morgan fingerprint density at radius 1 is 1.21 bits per heavy atom. The van der Waals surface area contributed by atoms with Gasteiger partial charge in [0.1, 0.15) is 18.3 Å². The van der Waals surface area contributed by atoms with Crippen molar-refractivity contribution in [1.82, 2.24) is 0 Å². The van der Waals surface area contributed by atoms with Gasteiger partial charge in [-0.1, -0.05) is 0 Å². The van der Waals surface area contributed by atoms with Gasteiger partial charge >= 0.3 is 7.82 Å². The monoisotopic (exact) mass is 230 g/mol. The Balaban J connectivity index is 2.44. The Bertz CT molecular complexity index is 238. The quantitative estimate of drug-likeness (QED) is 0.336. The molecular weight excluding hydrogens is 219 g/mol.